The standard InChI is InChI=1S/C19H21ClFN3O2/c1-12-15(20)7-5-9-17(12)24-19(26)11-23-18(25)10-22-13(2)14-6-3-4-8-16(14)21/h3-9,13,22H,10-11H2,1-2H3,(H,23,25)(H,24,26). The normalized spacial score (nSPS) is 11.7. The minimum atomic E-state index is -0.356. The second-order valence-electron chi connectivity index (χ2n) is 5.86. The minimum absolute atomic E-state index is 0.0288. The van der Waals surface area contributed by atoms with Gasteiger partial charge in [0.25, 0.3) is 0 Å². The fourth-order valence-corrected chi connectivity index (χ4v) is 2.54. The van der Waals surface area contributed by atoms with Crippen LogP contribution in [-0.4, -0.2) is 24.9 Å². The van der Waals surface area contributed by atoms with Crippen LogP contribution in [0.3, 0.4) is 0 Å². The fraction of sp³-hybridized carbons (Fsp3) is 0.263. The van der Waals surface area contributed by atoms with Crippen LogP contribution in [-0.2, 0) is 9.59 Å². The van der Waals surface area contributed by atoms with Crippen LogP contribution in [0.15, 0.2) is 42.5 Å². The van der Waals surface area contributed by atoms with Crippen molar-refractivity contribution in [3.63, 3.8) is 0 Å². The summed E-state index contributed by atoms with van der Waals surface area (Å²) in [5.41, 5.74) is 1.84. The van der Waals surface area contributed by atoms with E-state index in [2.05, 4.69) is 16.0 Å². The molecule has 0 fully saturated rings. The highest BCUT2D eigenvalue weighted by Crippen LogP contribution is 2.22. The summed E-state index contributed by atoms with van der Waals surface area (Å²) in [4.78, 5) is 23.8. The topological polar surface area (TPSA) is 70.2 Å². The van der Waals surface area contributed by atoms with E-state index in [0.717, 1.165) is 5.56 Å². The molecule has 0 aliphatic heterocycles. The summed E-state index contributed by atoms with van der Waals surface area (Å²) < 4.78 is 13.7. The van der Waals surface area contributed by atoms with Crippen LogP contribution >= 0.6 is 11.6 Å². The maximum atomic E-state index is 13.7. The molecule has 2 aromatic rings. The monoisotopic (exact) mass is 377 g/mol. The van der Waals surface area contributed by atoms with E-state index in [9.17, 15) is 14.0 Å². The molecular formula is C19H21ClFN3O2. The quantitative estimate of drug-likeness (QED) is 0.694. The van der Waals surface area contributed by atoms with E-state index in [4.69, 9.17) is 11.6 Å². The summed E-state index contributed by atoms with van der Waals surface area (Å²) in [6.45, 7) is 3.37. The zero-order valence-corrected chi connectivity index (χ0v) is 15.4. The molecule has 0 aromatic heterocycles. The lowest BCUT2D eigenvalue weighted by molar-refractivity contribution is -0.123. The van der Waals surface area contributed by atoms with Gasteiger partial charge in [-0.05, 0) is 37.6 Å². The van der Waals surface area contributed by atoms with Crippen molar-refractivity contribution in [1.82, 2.24) is 10.6 Å². The maximum Gasteiger partial charge on any atom is 0.243 e. The Morgan fingerprint density at radius 3 is 2.54 bits per heavy atom. The van der Waals surface area contributed by atoms with Gasteiger partial charge >= 0.3 is 0 Å². The highest BCUT2D eigenvalue weighted by Gasteiger charge is 2.12. The van der Waals surface area contributed by atoms with Crippen molar-refractivity contribution in [2.24, 2.45) is 0 Å². The lowest BCUT2D eigenvalue weighted by Gasteiger charge is -2.15. The Labute approximate surface area is 156 Å². The number of carbonyl (C=O) groups excluding carboxylic acids is 2. The SMILES string of the molecule is Cc1c(Cl)cccc1NC(=O)CNC(=O)CNC(C)c1ccccc1F. The maximum absolute atomic E-state index is 13.7. The zero-order chi connectivity index (χ0) is 19.1. The van der Waals surface area contributed by atoms with Gasteiger partial charge in [-0.2, -0.15) is 0 Å². The number of amides is 2. The van der Waals surface area contributed by atoms with Crippen molar-refractivity contribution in [1.29, 1.82) is 0 Å². The van der Waals surface area contributed by atoms with Gasteiger partial charge in [-0.1, -0.05) is 35.9 Å². The van der Waals surface area contributed by atoms with Crippen molar-refractivity contribution in [3.8, 4) is 0 Å². The van der Waals surface area contributed by atoms with E-state index in [-0.39, 0.29) is 36.8 Å². The Bertz CT molecular complexity index is 798. The third-order valence-electron chi connectivity index (χ3n) is 3.93. The Hall–Kier alpha value is -2.44. The van der Waals surface area contributed by atoms with E-state index in [0.29, 0.717) is 16.3 Å². The first-order chi connectivity index (χ1) is 12.4. The number of anilines is 1. The molecule has 2 rings (SSSR count). The number of hydrogen-bond donors (Lipinski definition) is 3. The van der Waals surface area contributed by atoms with Crippen LogP contribution in [0.2, 0.25) is 5.02 Å². The molecule has 0 bridgehead atoms. The molecule has 3 N–H and O–H groups in total. The molecule has 2 amide bonds. The van der Waals surface area contributed by atoms with Crippen LogP contribution in [0.25, 0.3) is 0 Å². The number of halogens is 2. The molecule has 0 heterocycles. The van der Waals surface area contributed by atoms with Gasteiger partial charge in [0.05, 0.1) is 13.1 Å². The highest BCUT2D eigenvalue weighted by molar-refractivity contribution is 6.31. The largest absolute Gasteiger partial charge is 0.346 e. The lowest BCUT2D eigenvalue weighted by atomic mass is 10.1. The van der Waals surface area contributed by atoms with Crippen LogP contribution in [0.5, 0.6) is 0 Å². The molecule has 1 unspecified atom stereocenters. The van der Waals surface area contributed by atoms with E-state index in [1.54, 1.807) is 50.2 Å². The van der Waals surface area contributed by atoms with Crippen molar-refractivity contribution < 1.29 is 14.0 Å². The molecule has 26 heavy (non-hydrogen) atoms. The van der Waals surface area contributed by atoms with Crippen molar-refractivity contribution in [3.05, 3.63) is 64.4 Å². The molecule has 7 heteroatoms. The van der Waals surface area contributed by atoms with E-state index < -0.39 is 0 Å². The molecule has 2 aromatic carbocycles. The zero-order valence-electron chi connectivity index (χ0n) is 14.6. The van der Waals surface area contributed by atoms with Crippen molar-refractivity contribution in [2.75, 3.05) is 18.4 Å². The fourth-order valence-electron chi connectivity index (χ4n) is 2.36. The first kappa shape index (κ1) is 19.9. The van der Waals surface area contributed by atoms with Crippen LogP contribution in [0.1, 0.15) is 24.1 Å². The summed E-state index contributed by atoms with van der Waals surface area (Å²) in [5, 5.41) is 8.70. The molecular weight excluding hydrogens is 357 g/mol. The summed E-state index contributed by atoms with van der Waals surface area (Å²) in [6, 6.07) is 11.2. The van der Waals surface area contributed by atoms with Crippen LogP contribution in [0, 0.1) is 12.7 Å². The minimum Gasteiger partial charge on any atom is -0.346 e. The predicted octanol–water partition coefficient (Wildman–Crippen LogP) is 3.19. The van der Waals surface area contributed by atoms with Crippen molar-refractivity contribution in [2.45, 2.75) is 19.9 Å². The van der Waals surface area contributed by atoms with E-state index >= 15 is 0 Å². The molecule has 0 aliphatic rings. The molecule has 0 radical (unpaired) electrons. The third kappa shape index (κ3) is 5.54. The lowest BCUT2D eigenvalue weighted by Crippen LogP contribution is -2.39. The second kappa shape index (κ2) is 9.31. The average Bonchev–Trinajstić information content (AvgIpc) is 2.62. The van der Waals surface area contributed by atoms with Crippen molar-refractivity contribution >= 4 is 29.1 Å². The van der Waals surface area contributed by atoms with Gasteiger partial charge in [0.2, 0.25) is 11.8 Å². The smallest absolute Gasteiger partial charge is 0.243 e. The molecule has 0 saturated heterocycles. The average molecular weight is 378 g/mol. The third-order valence-corrected chi connectivity index (χ3v) is 4.34. The number of rotatable bonds is 7. The molecule has 5 nitrogen and oxygen atoms in total. The Kier molecular flexibility index (Phi) is 7.12. The number of nitrogens with one attached hydrogen (secondary N) is 3. The highest BCUT2D eigenvalue weighted by atomic mass is 35.5. The number of hydrogen-bond acceptors (Lipinski definition) is 3. The van der Waals surface area contributed by atoms with E-state index in [1.165, 1.54) is 6.07 Å². The van der Waals surface area contributed by atoms with Gasteiger partial charge in [-0.15, -0.1) is 0 Å². The van der Waals surface area contributed by atoms with E-state index in [1.807, 2.05) is 0 Å². The van der Waals surface area contributed by atoms with Gasteiger partial charge < -0.3 is 16.0 Å². The predicted molar refractivity (Wildman–Crippen MR) is 101 cm³/mol. The summed E-state index contributed by atoms with van der Waals surface area (Å²) in [6.07, 6.45) is 0. The van der Waals surface area contributed by atoms with Gasteiger partial charge in [-0.3, -0.25) is 9.59 Å². The second-order valence-corrected chi connectivity index (χ2v) is 6.27. The molecule has 0 aliphatic carbocycles. The van der Waals surface area contributed by atoms with Crippen LogP contribution < -0.4 is 16.0 Å². The molecule has 138 valence electrons. The summed E-state index contributed by atoms with van der Waals surface area (Å²) >= 11 is 6.00. The molecule has 0 spiro atoms. The van der Waals surface area contributed by atoms with Crippen LogP contribution in [0.4, 0.5) is 10.1 Å². The first-order valence-corrected chi connectivity index (χ1v) is 8.55. The van der Waals surface area contributed by atoms with Gasteiger partial charge in [0.1, 0.15) is 5.82 Å². The molecule has 0 saturated carbocycles. The number of carbonyl (C=O) groups is 2. The Balaban J connectivity index is 1.77. The first-order valence-electron chi connectivity index (χ1n) is 8.18. The van der Waals surface area contributed by atoms with Gasteiger partial charge in [-0.25, -0.2) is 4.39 Å². The summed E-state index contributed by atoms with van der Waals surface area (Å²) in [7, 11) is 0. The molecule has 1 atom stereocenters. The van der Waals surface area contributed by atoms with Gasteiger partial charge in [0, 0.05) is 22.3 Å². The Morgan fingerprint density at radius 1 is 1.08 bits per heavy atom. The number of benzene rings is 2. The summed E-state index contributed by atoms with van der Waals surface area (Å²) in [5.74, 6) is -1.04. The van der Waals surface area contributed by atoms with Gasteiger partial charge in [0.15, 0.2) is 0 Å². The Morgan fingerprint density at radius 2 is 1.81 bits per heavy atom.